The number of rotatable bonds is 2. The van der Waals surface area contributed by atoms with Crippen molar-refractivity contribution in [3.05, 3.63) is 72.4 Å². The average Bonchev–Trinajstić information content (AvgIpc) is 2.93. The molecule has 88 valence electrons. The van der Waals surface area contributed by atoms with Gasteiger partial charge in [0.05, 0.1) is 5.57 Å². The molecule has 18 heavy (non-hydrogen) atoms. The van der Waals surface area contributed by atoms with E-state index >= 15 is 0 Å². The van der Waals surface area contributed by atoms with Crippen LogP contribution in [0.15, 0.2) is 72.4 Å². The van der Waals surface area contributed by atoms with Gasteiger partial charge in [0.1, 0.15) is 5.52 Å². The number of allylic oxidation sites excluding steroid dienone is 5. The average molecular weight is 237 g/mol. The molecule has 3 nitrogen and oxygen atoms in total. The summed E-state index contributed by atoms with van der Waals surface area (Å²) in [5, 5.41) is 10.9. The first kappa shape index (κ1) is 10.6. The maximum Gasteiger partial charge on any atom is 0.289 e. The van der Waals surface area contributed by atoms with E-state index in [-0.39, 0.29) is 5.95 Å². The van der Waals surface area contributed by atoms with Gasteiger partial charge >= 0.3 is 0 Å². The van der Waals surface area contributed by atoms with Crippen molar-refractivity contribution in [2.24, 2.45) is 0 Å². The van der Waals surface area contributed by atoms with E-state index in [9.17, 15) is 5.11 Å². The van der Waals surface area contributed by atoms with Gasteiger partial charge in [0.2, 0.25) is 0 Å². The summed E-state index contributed by atoms with van der Waals surface area (Å²) in [6.45, 7) is 0. The molecule has 3 heteroatoms. The maximum atomic E-state index is 9.89. The SMILES string of the molecule is OC(Oc1cccc2cccnc12)=C1C=CC=C1. The van der Waals surface area contributed by atoms with Crippen molar-refractivity contribution in [2.75, 3.05) is 0 Å². The van der Waals surface area contributed by atoms with Crippen molar-refractivity contribution in [2.45, 2.75) is 0 Å². The molecule has 0 radical (unpaired) electrons. The van der Waals surface area contributed by atoms with E-state index in [1.165, 1.54) is 0 Å². The highest BCUT2D eigenvalue weighted by Gasteiger charge is 2.08. The van der Waals surface area contributed by atoms with Crippen molar-refractivity contribution in [1.29, 1.82) is 0 Å². The van der Waals surface area contributed by atoms with Gasteiger partial charge in [0.15, 0.2) is 5.75 Å². The number of benzene rings is 1. The fourth-order valence-electron chi connectivity index (χ4n) is 1.84. The standard InChI is InChI=1S/C15H11NO2/c17-15(12-5-1-2-6-12)18-13-9-3-7-11-8-4-10-16-14(11)13/h1-10,17H. The van der Waals surface area contributed by atoms with Gasteiger partial charge in [-0.1, -0.05) is 30.4 Å². The number of pyridine rings is 1. The second-order valence-electron chi connectivity index (χ2n) is 3.91. The first-order valence-corrected chi connectivity index (χ1v) is 5.64. The molecule has 1 aliphatic rings. The maximum absolute atomic E-state index is 9.89. The van der Waals surface area contributed by atoms with E-state index in [0.29, 0.717) is 11.3 Å². The van der Waals surface area contributed by atoms with Crippen LogP contribution >= 0.6 is 0 Å². The van der Waals surface area contributed by atoms with E-state index in [2.05, 4.69) is 4.98 Å². The summed E-state index contributed by atoms with van der Waals surface area (Å²) in [7, 11) is 0. The summed E-state index contributed by atoms with van der Waals surface area (Å²) in [6.07, 6.45) is 8.96. The summed E-state index contributed by atoms with van der Waals surface area (Å²) in [5.41, 5.74) is 1.39. The highest BCUT2D eigenvalue weighted by Crippen LogP contribution is 2.25. The molecular weight excluding hydrogens is 226 g/mol. The minimum absolute atomic E-state index is 0.113. The summed E-state index contributed by atoms with van der Waals surface area (Å²) in [4.78, 5) is 4.27. The lowest BCUT2D eigenvalue weighted by Gasteiger charge is -2.07. The van der Waals surface area contributed by atoms with E-state index in [1.54, 1.807) is 24.4 Å². The van der Waals surface area contributed by atoms with Gasteiger partial charge in [-0.15, -0.1) is 0 Å². The Balaban J connectivity index is 2.03. The van der Waals surface area contributed by atoms with Crippen LogP contribution in [0.4, 0.5) is 0 Å². The molecule has 0 spiro atoms. The fraction of sp³-hybridized carbons (Fsp3) is 0. The summed E-state index contributed by atoms with van der Waals surface area (Å²) in [5.74, 6) is 0.435. The number of fused-ring (bicyclic) bond motifs is 1. The molecule has 0 unspecified atom stereocenters. The van der Waals surface area contributed by atoms with Crippen molar-refractivity contribution in [3.8, 4) is 5.75 Å². The number of ether oxygens (including phenoxy) is 1. The van der Waals surface area contributed by atoms with Crippen LogP contribution in [0.2, 0.25) is 0 Å². The molecule has 2 aromatic rings. The zero-order valence-electron chi connectivity index (χ0n) is 9.58. The van der Waals surface area contributed by atoms with Crippen molar-refractivity contribution in [3.63, 3.8) is 0 Å². The number of hydrogen-bond acceptors (Lipinski definition) is 3. The predicted molar refractivity (Wildman–Crippen MR) is 70.3 cm³/mol. The molecule has 1 aromatic heterocycles. The zero-order valence-corrected chi connectivity index (χ0v) is 9.58. The molecule has 0 atom stereocenters. The quantitative estimate of drug-likeness (QED) is 0.813. The Morgan fingerprint density at radius 1 is 1.06 bits per heavy atom. The van der Waals surface area contributed by atoms with Crippen molar-refractivity contribution >= 4 is 10.9 Å². The molecule has 0 bridgehead atoms. The van der Waals surface area contributed by atoms with Crippen LogP contribution in [0.5, 0.6) is 5.75 Å². The monoisotopic (exact) mass is 237 g/mol. The topological polar surface area (TPSA) is 42.4 Å². The van der Waals surface area contributed by atoms with Gasteiger partial charge in [0, 0.05) is 11.6 Å². The molecule has 0 aliphatic heterocycles. The molecule has 0 saturated carbocycles. The smallest absolute Gasteiger partial charge is 0.289 e. The minimum Gasteiger partial charge on any atom is -0.480 e. The van der Waals surface area contributed by atoms with Gasteiger partial charge in [-0.25, -0.2) is 0 Å². The van der Waals surface area contributed by atoms with Crippen LogP contribution < -0.4 is 4.74 Å². The van der Waals surface area contributed by atoms with Crippen molar-refractivity contribution in [1.82, 2.24) is 4.98 Å². The Labute approximate surface area is 104 Å². The van der Waals surface area contributed by atoms with Gasteiger partial charge in [-0.2, -0.15) is 0 Å². The number of nitrogens with zero attached hydrogens (tertiary/aromatic N) is 1. The third kappa shape index (κ3) is 1.86. The summed E-state index contributed by atoms with van der Waals surface area (Å²) >= 11 is 0. The Kier molecular flexibility index (Phi) is 2.57. The first-order chi connectivity index (χ1) is 8.84. The minimum atomic E-state index is -0.113. The van der Waals surface area contributed by atoms with Crippen molar-refractivity contribution < 1.29 is 9.84 Å². The van der Waals surface area contributed by atoms with Gasteiger partial charge in [0.25, 0.3) is 5.95 Å². The number of aliphatic hydroxyl groups excluding tert-OH is 1. The predicted octanol–water partition coefficient (Wildman–Crippen LogP) is 3.51. The van der Waals surface area contributed by atoms with Crippen LogP contribution in [0.1, 0.15) is 0 Å². The summed E-state index contributed by atoms with van der Waals surface area (Å²) in [6, 6.07) is 9.43. The molecule has 1 heterocycles. The highest BCUT2D eigenvalue weighted by molar-refractivity contribution is 5.84. The lowest BCUT2D eigenvalue weighted by Crippen LogP contribution is -1.97. The Morgan fingerprint density at radius 3 is 2.67 bits per heavy atom. The molecule has 0 fully saturated rings. The molecular formula is C15H11NO2. The Morgan fingerprint density at radius 2 is 1.83 bits per heavy atom. The zero-order chi connectivity index (χ0) is 12.4. The van der Waals surface area contributed by atoms with Gasteiger partial charge < -0.3 is 9.84 Å². The number of aromatic nitrogens is 1. The molecule has 1 aromatic carbocycles. The number of aliphatic hydroxyl groups is 1. The number of hydrogen-bond donors (Lipinski definition) is 1. The largest absolute Gasteiger partial charge is 0.480 e. The van der Waals surface area contributed by atoms with E-state index in [4.69, 9.17) is 4.74 Å². The lowest BCUT2D eigenvalue weighted by molar-refractivity contribution is 0.207. The normalized spacial score (nSPS) is 13.2. The molecule has 1 aliphatic carbocycles. The third-order valence-corrected chi connectivity index (χ3v) is 2.71. The van der Waals surface area contributed by atoms with Crippen LogP contribution in [0, 0.1) is 0 Å². The van der Waals surface area contributed by atoms with Crippen LogP contribution in [0.3, 0.4) is 0 Å². The van der Waals surface area contributed by atoms with Gasteiger partial charge in [-0.05, 0) is 24.3 Å². The fourth-order valence-corrected chi connectivity index (χ4v) is 1.84. The van der Waals surface area contributed by atoms with Crippen LogP contribution in [-0.2, 0) is 0 Å². The third-order valence-electron chi connectivity index (χ3n) is 2.71. The molecule has 1 N–H and O–H groups in total. The van der Waals surface area contributed by atoms with E-state index < -0.39 is 0 Å². The summed E-state index contributed by atoms with van der Waals surface area (Å²) < 4.78 is 5.48. The lowest BCUT2D eigenvalue weighted by atomic mass is 10.2. The first-order valence-electron chi connectivity index (χ1n) is 5.64. The van der Waals surface area contributed by atoms with Crippen LogP contribution in [-0.4, -0.2) is 10.1 Å². The number of para-hydroxylation sites is 1. The molecule has 0 amide bonds. The second kappa shape index (κ2) is 4.37. The van der Waals surface area contributed by atoms with Gasteiger partial charge in [-0.3, -0.25) is 4.98 Å². The van der Waals surface area contributed by atoms with E-state index in [1.807, 2.05) is 36.4 Å². The second-order valence-corrected chi connectivity index (χ2v) is 3.91. The highest BCUT2D eigenvalue weighted by atomic mass is 16.6. The van der Waals surface area contributed by atoms with E-state index in [0.717, 1.165) is 10.9 Å². The Hall–Kier alpha value is -2.55. The molecule has 0 saturated heterocycles. The molecule has 3 rings (SSSR count). The van der Waals surface area contributed by atoms with Crippen LogP contribution in [0.25, 0.3) is 10.9 Å². The Bertz CT molecular complexity index is 664.